The Hall–Kier alpha value is -3.16. The summed E-state index contributed by atoms with van der Waals surface area (Å²) in [5.41, 5.74) is -0.799. The van der Waals surface area contributed by atoms with Crippen LogP contribution in [0.25, 0.3) is 0 Å². The largest absolute Gasteiger partial charge is 0.493 e. The van der Waals surface area contributed by atoms with E-state index in [1.807, 2.05) is 0 Å². The molecule has 0 bridgehead atoms. The van der Waals surface area contributed by atoms with Gasteiger partial charge in [-0.25, -0.2) is 0 Å². The number of halogens is 2. The number of methoxy groups -OCH3 is 1. The van der Waals surface area contributed by atoms with E-state index in [9.17, 15) is 23.5 Å². The Morgan fingerprint density at radius 1 is 1.15 bits per heavy atom. The molecule has 2 rings (SSSR count). The quantitative estimate of drug-likeness (QED) is 0.736. The topological polar surface area (TPSA) is 84.9 Å². The standard InChI is InChI=1S/C19H19F2NO5/c1-19(17(24)25,13-6-4-3-5-7-13)11-22-16(23)12-8-9-14(26-2)15(10-12)27-18(20)21/h3-10,18H,11H2,1-2H3,(H,22,23)(H,24,25). The summed E-state index contributed by atoms with van der Waals surface area (Å²) in [5.74, 6) is -1.97. The molecular weight excluding hydrogens is 360 g/mol. The lowest BCUT2D eigenvalue weighted by atomic mass is 9.82. The molecule has 1 unspecified atom stereocenters. The van der Waals surface area contributed by atoms with Crippen LogP contribution < -0.4 is 14.8 Å². The first-order chi connectivity index (χ1) is 12.8. The second kappa shape index (κ2) is 8.48. The van der Waals surface area contributed by atoms with E-state index in [4.69, 9.17) is 4.74 Å². The minimum absolute atomic E-state index is 0.0345. The molecule has 0 saturated heterocycles. The van der Waals surface area contributed by atoms with Gasteiger partial charge in [0.05, 0.1) is 7.11 Å². The van der Waals surface area contributed by atoms with E-state index in [1.165, 1.54) is 26.2 Å². The molecule has 0 aliphatic rings. The molecule has 0 aliphatic carbocycles. The molecule has 8 heteroatoms. The van der Waals surface area contributed by atoms with Crippen molar-refractivity contribution in [3.63, 3.8) is 0 Å². The molecule has 6 nitrogen and oxygen atoms in total. The molecule has 144 valence electrons. The van der Waals surface area contributed by atoms with Gasteiger partial charge in [0, 0.05) is 12.1 Å². The maximum absolute atomic E-state index is 12.5. The number of carboxylic acid groups (broad SMARTS) is 1. The van der Waals surface area contributed by atoms with Crippen LogP contribution in [0, 0.1) is 0 Å². The van der Waals surface area contributed by atoms with Crippen molar-refractivity contribution in [2.45, 2.75) is 19.0 Å². The van der Waals surface area contributed by atoms with Gasteiger partial charge in [-0.2, -0.15) is 8.78 Å². The Balaban J connectivity index is 2.20. The van der Waals surface area contributed by atoms with E-state index >= 15 is 0 Å². The molecule has 1 amide bonds. The van der Waals surface area contributed by atoms with Crippen molar-refractivity contribution >= 4 is 11.9 Å². The van der Waals surface area contributed by atoms with E-state index < -0.39 is 23.9 Å². The molecule has 0 heterocycles. The van der Waals surface area contributed by atoms with Crippen LogP contribution in [0.4, 0.5) is 8.78 Å². The molecular formula is C19H19F2NO5. The summed E-state index contributed by atoms with van der Waals surface area (Å²) in [6, 6.07) is 12.3. The summed E-state index contributed by atoms with van der Waals surface area (Å²) in [4.78, 5) is 24.2. The van der Waals surface area contributed by atoms with Crippen LogP contribution in [0.1, 0.15) is 22.8 Å². The highest BCUT2D eigenvalue weighted by atomic mass is 19.3. The molecule has 2 aromatic carbocycles. The third-order valence-corrected chi connectivity index (χ3v) is 4.13. The predicted octanol–water partition coefficient (Wildman–Crippen LogP) is 3.07. The van der Waals surface area contributed by atoms with E-state index in [1.54, 1.807) is 30.3 Å². The second-order valence-electron chi connectivity index (χ2n) is 5.93. The molecule has 27 heavy (non-hydrogen) atoms. The molecule has 0 radical (unpaired) electrons. The summed E-state index contributed by atoms with van der Waals surface area (Å²) >= 11 is 0. The lowest BCUT2D eigenvalue weighted by Crippen LogP contribution is -2.44. The van der Waals surface area contributed by atoms with Gasteiger partial charge in [-0.3, -0.25) is 9.59 Å². The lowest BCUT2D eigenvalue weighted by molar-refractivity contribution is -0.142. The normalized spacial score (nSPS) is 12.9. The van der Waals surface area contributed by atoms with Gasteiger partial charge >= 0.3 is 12.6 Å². The van der Waals surface area contributed by atoms with Gasteiger partial charge < -0.3 is 19.9 Å². The summed E-state index contributed by atoms with van der Waals surface area (Å²) in [5, 5.41) is 12.1. The second-order valence-corrected chi connectivity index (χ2v) is 5.93. The molecule has 0 spiro atoms. The molecule has 0 aromatic heterocycles. The van der Waals surface area contributed by atoms with Crippen LogP contribution in [0.2, 0.25) is 0 Å². The fourth-order valence-corrected chi connectivity index (χ4v) is 2.47. The molecule has 0 fully saturated rings. The third kappa shape index (κ3) is 4.72. The zero-order chi connectivity index (χ0) is 20.0. The minimum Gasteiger partial charge on any atom is -0.493 e. The zero-order valence-corrected chi connectivity index (χ0v) is 14.7. The monoisotopic (exact) mass is 379 g/mol. The van der Waals surface area contributed by atoms with E-state index in [2.05, 4.69) is 10.1 Å². The fourth-order valence-electron chi connectivity index (χ4n) is 2.47. The number of hydrogen-bond donors (Lipinski definition) is 2. The average Bonchev–Trinajstić information content (AvgIpc) is 2.65. The third-order valence-electron chi connectivity index (χ3n) is 4.13. The number of benzene rings is 2. The van der Waals surface area contributed by atoms with E-state index in [-0.39, 0.29) is 23.6 Å². The number of ether oxygens (including phenoxy) is 2. The Morgan fingerprint density at radius 2 is 1.81 bits per heavy atom. The molecule has 2 aromatic rings. The number of carbonyl (C=O) groups excluding carboxylic acids is 1. The summed E-state index contributed by atoms with van der Waals surface area (Å²) in [7, 11) is 1.28. The van der Waals surface area contributed by atoms with Crippen LogP contribution in [0.3, 0.4) is 0 Å². The predicted molar refractivity (Wildman–Crippen MR) is 93.4 cm³/mol. The maximum Gasteiger partial charge on any atom is 0.387 e. The maximum atomic E-state index is 12.5. The summed E-state index contributed by atoms with van der Waals surface area (Å²) in [6.07, 6.45) is 0. The molecule has 0 saturated carbocycles. The summed E-state index contributed by atoms with van der Waals surface area (Å²) < 4.78 is 34.3. The number of carbonyl (C=O) groups is 2. The number of rotatable bonds is 8. The van der Waals surface area contributed by atoms with Gasteiger partial charge in [0.25, 0.3) is 5.91 Å². The van der Waals surface area contributed by atoms with Crippen LogP contribution in [-0.4, -0.2) is 37.2 Å². The van der Waals surface area contributed by atoms with Crippen LogP contribution in [0.15, 0.2) is 48.5 Å². The number of aliphatic carboxylic acids is 1. The van der Waals surface area contributed by atoms with Crippen LogP contribution in [0.5, 0.6) is 11.5 Å². The highest BCUT2D eigenvalue weighted by Crippen LogP contribution is 2.30. The van der Waals surface area contributed by atoms with Crippen molar-refractivity contribution in [3.05, 3.63) is 59.7 Å². The number of alkyl halides is 2. The first-order valence-electron chi connectivity index (χ1n) is 7.98. The van der Waals surface area contributed by atoms with Gasteiger partial charge in [-0.05, 0) is 30.7 Å². The van der Waals surface area contributed by atoms with Crippen molar-refractivity contribution in [1.29, 1.82) is 0 Å². The number of hydrogen-bond acceptors (Lipinski definition) is 4. The van der Waals surface area contributed by atoms with Crippen molar-refractivity contribution in [2.24, 2.45) is 0 Å². The molecule has 2 N–H and O–H groups in total. The first kappa shape index (κ1) is 20.2. The highest BCUT2D eigenvalue weighted by molar-refractivity contribution is 5.95. The van der Waals surface area contributed by atoms with E-state index in [0.717, 1.165) is 6.07 Å². The Kier molecular flexibility index (Phi) is 6.33. The fraction of sp³-hybridized carbons (Fsp3) is 0.263. The van der Waals surface area contributed by atoms with Crippen molar-refractivity contribution < 1.29 is 33.0 Å². The smallest absolute Gasteiger partial charge is 0.387 e. The van der Waals surface area contributed by atoms with Gasteiger partial charge in [-0.15, -0.1) is 0 Å². The SMILES string of the molecule is COc1ccc(C(=O)NCC(C)(C(=O)O)c2ccccc2)cc1OC(F)F. The number of amides is 1. The van der Waals surface area contributed by atoms with E-state index in [0.29, 0.717) is 5.56 Å². The van der Waals surface area contributed by atoms with Crippen molar-refractivity contribution in [1.82, 2.24) is 5.32 Å². The van der Waals surface area contributed by atoms with Gasteiger partial charge in [-0.1, -0.05) is 30.3 Å². The van der Waals surface area contributed by atoms with Gasteiger partial charge in [0.1, 0.15) is 5.41 Å². The average molecular weight is 379 g/mol. The Labute approximate surface area is 154 Å². The van der Waals surface area contributed by atoms with Crippen molar-refractivity contribution in [3.8, 4) is 11.5 Å². The van der Waals surface area contributed by atoms with Crippen LogP contribution >= 0.6 is 0 Å². The van der Waals surface area contributed by atoms with Crippen LogP contribution in [-0.2, 0) is 10.2 Å². The summed E-state index contributed by atoms with van der Waals surface area (Å²) in [6.45, 7) is -1.78. The van der Waals surface area contributed by atoms with Gasteiger partial charge in [0.2, 0.25) is 0 Å². The molecule has 1 atom stereocenters. The lowest BCUT2D eigenvalue weighted by Gasteiger charge is -2.25. The number of carboxylic acids is 1. The Bertz CT molecular complexity index is 813. The number of nitrogens with one attached hydrogen (secondary N) is 1. The highest BCUT2D eigenvalue weighted by Gasteiger charge is 2.35. The van der Waals surface area contributed by atoms with Crippen molar-refractivity contribution in [2.75, 3.05) is 13.7 Å². The Morgan fingerprint density at radius 3 is 2.37 bits per heavy atom. The first-order valence-corrected chi connectivity index (χ1v) is 7.98. The van der Waals surface area contributed by atoms with Gasteiger partial charge in [0.15, 0.2) is 11.5 Å². The minimum atomic E-state index is -3.08. The molecule has 0 aliphatic heterocycles. The zero-order valence-electron chi connectivity index (χ0n) is 14.7.